The lowest BCUT2D eigenvalue weighted by Crippen LogP contribution is -3.00. The predicted octanol–water partition coefficient (Wildman–Crippen LogP) is 1.53. The second-order valence-corrected chi connectivity index (χ2v) is 28.4. The lowest BCUT2D eigenvalue weighted by molar-refractivity contribution is -0.870. The normalized spacial score (nSPS) is 12.5. The molecule has 0 heterocycles. The molecule has 0 aliphatic rings. The van der Waals surface area contributed by atoms with E-state index >= 15 is 0 Å². The summed E-state index contributed by atoms with van der Waals surface area (Å²) in [5, 5.41) is 0. The van der Waals surface area contributed by atoms with Crippen LogP contribution < -0.4 is 34.0 Å². The minimum absolute atomic E-state index is 0. The van der Waals surface area contributed by atoms with Crippen LogP contribution in [0, 0.1) is 27.1 Å². The Balaban J connectivity index is -0.000000201. The summed E-state index contributed by atoms with van der Waals surface area (Å²) >= 11 is 0. The molecule has 0 spiro atoms. The molecule has 34 nitrogen and oxygen atoms in total. The van der Waals surface area contributed by atoms with Gasteiger partial charge in [-0.1, -0.05) is 30.3 Å². The number of benzene rings is 1. The fourth-order valence-electron chi connectivity index (χ4n) is 7.62. The van der Waals surface area contributed by atoms with E-state index in [2.05, 4.69) is 42.3 Å². The van der Waals surface area contributed by atoms with Crippen LogP contribution in [0.4, 0.5) is 9.59 Å². The fraction of sp³-hybridized carbons (Fsp3) is 0.750. The van der Waals surface area contributed by atoms with E-state index in [1.54, 1.807) is 53.7 Å². The third-order valence-electron chi connectivity index (χ3n) is 13.3. The van der Waals surface area contributed by atoms with Gasteiger partial charge in [-0.25, -0.2) is 9.59 Å². The molecule has 112 heavy (non-hydrogen) atoms. The minimum atomic E-state index is -1.47. The molecule has 0 N–H and O–H groups in total. The number of carbonyl (C=O) groups excluding carboxylic acids is 13. The highest BCUT2D eigenvalue weighted by molar-refractivity contribution is 5.80. The Morgan fingerprint density at radius 1 is 0.295 bits per heavy atom. The summed E-state index contributed by atoms with van der Waals surface area (Å²) in [6, 6.07) is 9.06. The van der Waals surface area contributed by atoms with E-state index in [-0.39, 0.29) is 131 Å². The number of nitrogens with zero attached hydrogens (tertiary/aromatic N) is 2. The molecule has 1 aromatic carbocycles. The third-order valence-corrected chi connectivity index (χ3v) is 13.3. The van der Waals surface area contributed by atoms with Crippen molar-refractivity contribution in [1.82, 2.24) is 0 Å². The molecule has 656 valence electrons. The summed E-state index contributed by atoms with van der Waals surface area (Å²) in [4.78, 5) is 146. The molecule has 0 aromatic heterocycles. The van der Waals surface area contributed by atoms with Crippen LogP contribution in [-0.2, 0) is 149 Å². The van der Waals surface area contributed by atoms with Crippen LogP contribution in [-0.4, -0.2) is 304 Å². The molecule has 0 amide bonds. The van der Waals surface area contributed by atoms with Crippen molar-refractivity contribution in [3.05, 3.63) is 35.9 Å². The maximum atomic E-state index is 12.7. The number of ether oxygens (including phenoxy) is 19. The first-order chi connectivity index (χ1) is 51.0. The van der Waals surface area contributed by atoms with E-state index in [9.17, 15) is 62.3 Å². The van der Waals surface area contributed by atoms with Gasteiger partial charge in [0.2, 0.25) is 0 Å². The molecular weight excluding hydrogens is 1610 g/mol. The van der Waals surface area contributed by atoms with E-state index in [0.29, 0.717) is 39.3 Å². The molecule has 0 saturated carbocycles. The van der Waals surface area contributed by atoms with Gasteiger partial charge in [0.15, 0.2) is 0 Å². The number of halogens is 2. The van der Waals surface area contributed by atoms with Crippen LogP contribution in [0.2, 0.25) is 0 Å². The molecule has 0 saturated heterocycles. The Morgan fingerprint density at radius 2 is 0.527 bits per heavy atom. The van der Waals surface area contributed by atoms with Crippen molar-refractivity contribution in [2.24, 2.45) is 27.1 Å². The average molecular weight is 1750 g/mol. The van der Waals surface area contributed by atoms with Crippen molar-refractivity contribution in [2.75, 3.05) is 217 Å². The lowest BCUT2D eigenvalue weighted by atomic mass is 9.93. The molecule has 0 bridgehead atoms. The quantitative estimate of drug-likeness (QED) is 0.0387. The van der Waals surface area contributed by atoms with Gasteiger partial charge in [-0.15, -0.1) is 0 Å². The highest BCUT2D eigenvalue weighted by Crippen LogP contribution is 2.25. The topological polar surface area (TPSA) is 397 Å². The third kappa shape index (κ3) is 72.0. The smallest absolute Gasteiger partial charge is 0.508 e. The standard InChI is InChI=1S/C22H32O10.2C14H28NO5.2C10H18O5.2C3H6O.2BrH/c1-22(16-31-20(24)28-13-7-11-26-2,17-32-21(25)29-14-8-12-27-3)19(23)30-15-18-9-5-4-6-10-18;2*1-12(16)20-11-14(2,10-18-6)13(17)19-9-7-8-15(3,4)5;2*1-5-14-9(12)10(3,6-13-4)7-15-8(2)11;2*1-3(2)4;;/h4-6,9-10H,7-8,11-17H2,1-3H3;2*7-11H2,1-6H3;2*5-7H2,1-4H3;2*1-2H3;2*1H/q;2*+1;;;;;;/p-2. The number of quaternary nitrogens is 2. The number of Topliss-reactive ketones (excluding diaryl/α,β-unsaturated/α-hetero) is 2. The largest absolute Gasteiger partial charge is 1.00 e. The van der Waals surface area contributed by atoms with Crippen molar-refractivity contribution in [3.63, 3.8) is 0 Å². The highest BCUT2D eigenvalue weighted by atomic mass is 79.9. The van der Waals surface area contributed by atoms with E-state index in [1.165, 1.54) is 105 Å². The van der Waals surface area contributed by atoms with Gasteiger partial charge in [0.25, 0.3) is 0 Å². The number of ketones is 2. The molecule has 4 atom stereocenters. The van der Waals surface area contributed by atoms with E-state index in [4.69, 9.17) is 90.0 Å². The Bertz CT molecular complexity index is 2610. The van der Waals surface area contributed by atoms with Gasteiger partial charge >= 0.3 is 66.0 Å². The van der Waals surface area contributed by atoms with Crippen molar-refractivity contribution >= 4 is 77.6 Å². The number of esters is 9. The maximum Gasteiger partial charge on any atom is 0.508 e. The van der Waals surface area contributed by atoms with Crippen molar-refractivity contribution in [2.45, 2.75) is 136 Å². The zero-order chi connectivity index (χ0) is 86.2. The van der Waals surface area contributed by atoms with Gasteiger partial charge in [0.05, 0.1) is 121 Å². The second-order valence-electron chi connectivity index (χ2n) is 28.4. The summed E-state index contributed by atoms with van der Waals surface area (Å²) in [6.07, 6.45) is 0.660. The van der Waals surface area contributed by atoms with Gasteiger partial charge in [-0.2, -0.15) is 0 Å². The first kappa shape index (κ1) is 121. The van der Waals surface area contributed by atoms with Gasteiger partial charge in [-0.05, 0) is 81.7 Å². The molecule has 0 aliphatic heterocycles. The van der Waals surface area contributed by atoms with E-state index < -0.39 is 106 Å². The average Bonchev–Trinajstić information content (AvgIpc) is 0.814. The number of hydrogen-bond donors (Lipinski definition) is 0. The van der Waals surface area contributed by atoms with Crippen LogP contribution in [0.5, 0.6) is 0 Å². The van der Waals surface area contributed by atoms with Crippen molar-refractivity contribution < 1.29 is 195 Å². The number of rotatable bonds is 45. The van der Waals surface area contributed by atoms with Crippen LogP contribution in [0.1, 0.15) is 135 Å². The molecule has 1 rings (SSSR count). The fourth-order valence-corrected chi connectivity index (χ4v) is 7.62. The summed E-state index contributed by atoms with van der Waals surface area (Å²) in [6.45, 7) is 26.6. The Hall–Kier alpha value is -7.03. The van der Waals surface area contributed by atoms with Gasteiger partial charge in [-0.3, -0.25) is 43.2 Å². The monoisotopic (exact) mass is 1750 g/mol. The van der Waals surface area contributed by atoms with Crippen LogP contribution in [0.3, 0.4) is 0 Å². The van der Waals surface area contributed by atoms with E-state index in [0.717, 1.165) is 40.5 Å². The molecule has 36 heteroatoms. The van der Waals surface area contributed by atoms with Crippen LogP contribution in [0.25, 0.3) is 0 Å². The molecule has 0 aliphatic carbocycles. The van der Waals surface area contributed by atoms with Gasteiger partial charge < -0.3 is 143 Å². The van der Waals surface area contributed by atoms with Crippen LogP contribution >= 0.6 is 0 Å². The number of methoxy groups -OCH3 is 6. The second kappa shape index (κ2) is 69.5. The molecule has 0 radical (unpaired) electrons. The summed E-state index contributed by atoms with van der Waals surface area (Å²) < 4.78 is 96.3. The zero-order valence-electron chi connectivity index (χ0n) is 71.8. The molecule has 0 fully saturated rings. The van der Waals surface area contributed by atoms with Gasteiger partial charge in [0, 0.05) is 109 Å². The molecule has 4 unspecified atom stereocenters. The van der Waals surface area contributed by atoms with Crippen LogP contribution in [0.15, 0.2) is 30.3 Å². The Kier molecular flexibility index (Phi) is 74.8. The Labute approximate surface area is 685 Å². The first-order valence-electron chi connectivity index (χ1n) is 35.5. The summed E-state index contributed by atoms with van der Waals surface area (Å²) in [5.41, 5.74) is -4.48. The first-order valence-corrected chi connectivity index (χ1v) is 35.5. The highest BCUT2D eigenvalue weighted by Gasteiger charge is 2.41. The number of carbonyl (C=O) groups is 13. The van der Waals surface area contributed by atoms with Crippen molar-refractivity contribution in [3.8, 4) is 0 Å². The Morgan fingerprint density at radius 3 is 0.759 bits per heavy atom. The lowest BCUT2D eigenvalue weighted by Gasteiger charge is -2.27. The van der Waals surface area contributed by atoms with E-state index in [1.807, 2.05) is 18.2 Å². The maximum absolute atomic E-state index is 12.7. The minimum Gasteiger partial charge on any atom is -1.00 e. The molecular formula is C76H136Br2N2O32. The SMILES string of the molecule is CC(C)=O.CC(C)=O.CCOC(=O)C(C)(COC)COC(C)=O.CCOC(=O)C(C)(COC)COC(C)=O.COCC(C)(COC(C)=O)C(=O)OCCC[N+](C)(C)C.COCC(C)(COC(C)=O)C(=O)OCCC[N+](C)(C)C.COCCCOC(=O)OCC(C)(COC(=O)OCCCOC)C(=O)OCc1ccccc1.[Br-].[Br-]. The zero-order valence-corrected chi connectivity index (χ0v) is 75.0. The van der Waals surface area contributed by atoms with Gasteiger partial charge in [0.1, 0.15) is 84.9 Å². The number of hydrogen-bond acceptors (Lipinski definition) is 32. The predicted molar refractivity (Wildman–Crippen MR) is 401 cm³/mol. The summed E-state index contributed by atoms with van der Waals surface area (Å²) in [7, 11) is 21.5. The molecule has 1 aromatic rings. The van der Waals surface area contributed by atoms with Crippen molar-refractivity contribution in [1.29, 1.82) is 0 Å². The summed E-state index contributed by atoms with van der Waals surface area (Å²) in [5.74, 6) is -3.73.